The highest BCUT2D eigenvalue weighted by Crippen LogP contribution is 2.29. The zero-order chi connectivity index (χ0) is 13.7. The van der Waals surface area contributed by atoms with Gasteiger partial charge in [-0.2, -0.15) is 0 Å². The minimum absolute atomic E-state index is 0.608. The SMILES string of the molecule is CCNCc1ccc(COc2ccc(Br)cc2Br)s1. The summed E-state index contributed by atoms with van der Waals surface area (Å²) in [7, 11) is 0. The van der Waals surface area contributed by atoms with Crippen LogP contribution in [0.4, 0.5) is 0 Å². The van der Waals surface area contributed by atoms with Crippen LogP contribution >= 0.6 is 43.2 Å². The first kappa shape index (κ1) is 15.0. The molecule has 0 aliphatic carbocycles. The summed E-state index contributed by atoms with van der Waals surface area (Å²) < 4.78 is 7.82. The van der Waals surface area contributed by atoms with E-state index in [2.05, 4.69) is 56.2 Å². The van der Waals surface area contributed by atoms with Crippen molar-refractivity contribution in [2.24, 2.45) is 0 Å². The number of hydrogen-bond acceptors (Lipinski definition) is 3. The maximum Gasteiger partial charge on any atom is 0.134 e. The third kappa shape index (κ3) is 4.60. The van der Waals surface area contributed by atoms with Crippen molar-refractivity contribution in [1.82, 2.24) is 5.32 Å². The second-order valence-corrected chi connectivity index (χ2v) is 7.03. The molecule has 0 fully saturated rings. The fourth-order valence-corrected chi connectivity index (χ4v) is 3.65. The number of rotatable bonds is 6. The molecule has 2 rings (SSSR count). The summed E-state index contributed by atoms with van der Waals surface area (Å²) in [5.41, 5.74) is 0. The Morgan fingerprint density at radius 1 is 1.16 bits per heavy atom. The average molecular weight is 405 g/mol. The maximum atomic E-state index is 5.82. The zero-order valence-electron chi connectivity index (χ0n) is 10.6. The van der Waals surface area contributed by atoms with Gasteiger partial charge in [-0.1, -0.05) is 22.9 Å². The smallest absolute Gasteiger partial charge is 0.134 e. The third-order valence-electron chi connectivity index (χ3n) is 2.53. The summed E-state index contributed by atoms with van der Waals surface area (Å²) in [6.07, 6.45) is 0. The van der Waals surface area contributed by atoms with Crippen LogP contribution in [0.15, 0.2) is 39.3 Å². The third-order valence-corrected chi connectivity index (χ3v) is 4.70. The largest absolute Gasteiger partial charge is 0.487 e. The predicted octanol–water partition coefficient (Wildman–Crippen LogP) is 4.96. The fraction of sp³-hybridized carbons (Fsp3) is 0.286. The highest BCUT2D eigenvalue weighted by atomic mass is 79.9. The number of ether oxygens (including phenoxy) is 1. The molecule has 0 amide bonds. The van der Waals surface area contributed by atoms with Crippen molar-refractivity contribution in [1.29, 1.82) is 0 Å². The van der Waals surface area contributed by atoms with Gasteiger partial charge >= 0.3 is 0 Å². The number of halogens is 2. The van der Waals surface area contributed by atoms with Gasteiger partial charge in [0.25, 0.3) is 0 Å². The van der Waals surface area contributed by atoms with Gasteiger partial charge in [0.2, 0.25) is 0 Å². The Morgan fingerprint density at radius 2 is 1.95 bits per heavy atom. The molecule has 2 nitrogen and oxygen atoms in total. The van der Waals surface area contributed by atoms with E-state index < -0.39 is 0 Å². The minimum atomic E-state index is 0.608. The molecule has 0 atom stereocenters. The monoisotopic (exact) mass is 403 g/mol. The van der Waals surface area contributed by atoms with Crippen LogP contribution in [0.5, 0.6) is 5.75 Å². The van der Waals surface area contributed by atoms with Crippen molar-refractivity contribution in [2.45, 2.75) is 20.1 Å². The van der Waals surface area contributed by atoms with Gasteiger partial charge in [-0.3, -0.25) is 0 Å². The maximum absolute atomic E-state index is 5.82. The lowest BCUT2D eigenvalue weighted by Crippen LogP contribution is -2.10. The van der Waals surface area contributed by atoms with Gasteiger partial charge in [-0.05, 0) is 52.8 Å². The van der Waals surface area contributed by atoms with Gasteiger partial charge in [-0.25, -0.2) is 0 Å². The van der Waals surface area contributed by atoms with Crippen LogP contribution in [0.2, 0.25) is 0 Å². The van der Waals surface area contributed by atoms with Crippen molar-refractivity contribution in [3.63, 3.8) is 0 Å². The van der Waals surface area contributed by atoms with E-state index in [4.69, 9.17) is 4.74 Å². The van der Waals surface area contributed by atoms with Crippen LogP contribution in [0, 0.1) is 0 Å². The summed E-state index contributed by atoms with van der Waals surface area (Å²) in [5.74, 6) is 0.866. The molecule has 1 aromatic carbocycles. The first-order chi connectivity index (χ1) is 9.19. The molecule has 5 heteroatoms. The van der Waals surface area contributed by atoms with Crippen molar-refractivity contribution >= 4 is 43.2 Å². The van der Waals surface area contributed by atoms with Gasteiger partial charge in [0, 0.05) is 20.8 Å². The highest BCUT2D eigenvalue weighted by molar-refractivity contribution is 9.11. The van der Waals surface area contributed by atoms with E-state index in [1.165, 1.54) is 9.75 Å². The standard InChI is InChI=1S/C14H15Br2NOS/c1-2-17-8-11-4-5-12(19-11)9-18-14-6-3-10(15)7-13(14)16/h3-7,17H,2,8-9H2,1H3. The number of thiophene rings is 1. The zero-order valence-corrected chi connectivity index (χ0v) is 14.6. The van der Waals surface area contributed by atoms with E-state index in [-0.39, 0.29) is 0 Å². The lowest BCUT2D eigenvalue weighted by Gasteiger charge is -2.07. The normalized spacial score (nSPS) is 10.7. The van der Waals surface area contributed by atoms with Crippen LogP contribution < -0.4 is 10.1 Å². The van der Waals surface area contributed by atoms with E-state index in [1.807, 2.05) is 18.2 Å². The Balaban J connectivity index is 1.92. The Bertz CT molecular complexity index is 542. The number of hydrogen-bond donors (Lipinski definition) is 1. The van der Waals surface area contributed by atoms with Crippen LogP contribution in [0.1, 0.15) is 16.7 Å². The second-order valence-electron chi connectivity index (χ2n) is 4.01. The molecule has 0 saturated heterocycles. The number of benzene rings is 1. The number of nitrogens with one attached hydrogen (secondary N) is 1. The molecule has 1 N–H and O–H groups in total. The fourth-order valence-electron chi connectivity index (χ4n) is 1.58. The van der Waals surface area contributed by atoms with E-state index >= 15 is 0 Å². The molecule has 1 aromatic heterocycles. The molecule has 1 heterocycles. The topological polar surface area (TPSA) is 21.3 Å². The summed E-state index contributed by atoms with van der Waals surface area (Å²) in [5, 5.41) is 3.32. The van der Waals surface area contributed by atoms with Crippen molar-refractivity contribution in [2.75, 3.05) is 6.54 Å². The highest BCUT2D eigenvalue weighted by Gasteiger charge is 2.04. The molecule has 2 aromatic rings. The first-order valence-corrected chi connectivity index (χ1v) is 8.45. The predicted molar refractivity (Wildman–Crippen MR) is 87.9 cm³/mol. The summed E-state index contributed by atoms with van der Waals surface area (Å²) in [6.45, 7) is 4.65. The Kier molecular flexibility index (Phi) is 5.88. The van der Waals surface area contributed by atoms with Gasteiger partial charge in [-0.15, -0.1) is 11.3 Å². The van der Waals surface area contributed by atoms with E-state index in [0.29, 0.717) is 6.61 Å². The van der Waals surface area contributed by atoms with Crippen LogP contribution in [-0.2, 0) is 13.2 Å². The molecule has 19 heavy (non-hydrogen) atoms. The summed E-state index contributed by atoms with van der Waals surface area (Å²) in [6, 6.07) is 10.2. The summed E-state index contributed by atoms with van der Waals surface area (Å²) in [4.78, 5) is 2.58. The lowest BCUT2D eigenvalue weighted by molar-refractivity contribution is 0.308. The average Bonchev–Trinajstić information content (AvgIpc) is 2.83. The lowest BCUT2D eigenvalue weighted by atomic mass is 10.3. The minimum Gasteiger partial charge on any atom is -0.487 e. The van der Waals surface area contributed by atoms with Gasteiger partial charge in [0.15, 0.2) is 0 Å². The molecular formula is C14H15Br2NOS. The van der Waals surface area contributed by atoms with E-state index in [9.17, 15) is 0 Å². The van der Waals surface area contributed by atoms with Gasteiger partial charge < -0.3 is 10.1 Å². The molecule has 0 radical (unpaired) electrons. The summed E-state index contributed by atoms with van der Waals surface area (Å²) >= 11 is 8.72. The quantitative estimate of drug-likeness (QED) is 0.734. The van der Waals surface area contributed by atoms with Crippen LogP contribution in [-0.4, -0.2) is 6.54 Å². The van der Waals surface area contributed by atoms with E-state index in [0.717, 1.165) is 27.8 Å². The van der Waals surface area contributed by atoms with Crippen LogP contribution in [0.3, 0.4) is 0 Å². The van der Waals surface area contributed by atoms with E-state index in [1.54, 1.807) is 11.3 Å². The molecule has 0 spiro atoms. The molecular weight excluding hydrogens is 390 g/mol. The van der Waals surface area contributed by atoms with Crippen molar-refractivity contribution in [3.8, 4) is 5.75 Å². The molecule has 0 aliphatic heterocycles. The van der Waals surface area contributed by atoms with Gasteiger partial charge in [0.05, 0.1) is 4.47 Å². The molecule has 0 bridgehead atoms. The molecule has 102 valence electrons. The molecule has 0 saturated carbocycles. The van der Waals surface area contributed by atoms with Gasteiger partial charge in [0.1, 0.15) is 12.4 Å². The molecule has 0 aliphatic rings. The second kappa shape index (κ2) is 7.43. The van der Waals surface area contributed by atoms with Crippen LogP contribution in [0.25, 0.3) is 0 Å². The Morgan fingerprint density at radius 3 is 2.68 bits per heavy atom. The molecule has 0 unspecified atom stereocenters. The first-order valence-electron chi connectivity index (χ1n) is 6.05. The Hall–Kier alpha value is -0.360. The van der Waals surface area contributed by atoms with Crippen molar-refractivity contribution < 1.29 is 4.74 Å². The Labute approximate surface area is 134 Å². The van der Waals surface area contributed by atoms with Crippen molar-refractivity contribution in [3.05, 3.63) is 49.0 Å².